The van der Waals surface area contributed by atoms with Crippen LogP contribution in [-0.4, -0.2) is 21.3 Å². The molecule has 0 spiro atoms. The average molecular weight is 374 g/mol. The van der Waals surface area contributed by atoms with Gasteiger partial charge in [0, 0.05) is 5.56 Å². The van der Waals surface area contributed by atoms with Gasteiger partial charge in [-0.2, -0.15) is 5.10 Å². The summed E-state index contributed by atoms with van der Waals surface area (Å²) in [4.78, 5) is 11.0. The molecule has 0 amide bonds. The van der Waals surface area contributed by atoms with E-state index < -0.39 is 5.97 Å². The fourth-order valence-corrected chi connectivity index (χ4v) is 4.16. The highest BCUT2D eigenvalue weighted by molar-refractivity contribution is 5.88. The number of carboxylic acids is 1. The SMILES string of the molecule is CC1(C)CCC(C)(C)c2cc(-c3cc(-c4ccc(C(=O)O)cc4)[nH]n3)ccc21. The number of carboxylic acid groups (broad SMARTS) is 1. The zero-order chi connectivity index (χ0) is 20.1. The number of hydrogen-bond acceptors (Lipinski definition) is 2. The van der Waals surface area contributed by atoms with Crippen LogP contribution >= 0.6 is 0 Å². The Morgan fingerprint density at radius 3 is 2.14 bits per heavy atom. The summed E-state index contributed by atoms with van der Waals surface area (Å²) >= 11 is 0. The Morgan fingerprint density at radius 2 is 1.50 bits per heavy atom. The molecule has 0 atom stereocenters. The van der Waals surface area contributed by atoms with Crippen molar-refractivity contribution in [3.8, 4) is 22.5 Å². The van der Waals surface area contributed by atoms with Gasteiger partial charge in [-0.1, -0.05) is 52.0 Å². The summed E-state index contributed by atoms with van der Waals surface area (Å²) < 4.78 is 0. The van der Waals surface area contributed by atoms with Crippen LogP contribution in [0.1, 0.15) is 62.0 Å². The molecule has 1 aliphatic rings. The van der Waals surface area contributed by atoms with Crippen LogP contribution in [0.3, 0.4) is 0 Å². The topological polar surface area (TPSA) is 66.0 Å². The number of benzene rings is 2. The smallest absolute Gasteiger partial charge is 0.335 e. The number of rotatable bonds is 3. The lowest BCUT2D eigenvalue weighted by Gasteiger charge is -2.42. The van der Waals surface area contributed by atoms with Crippen molar-refractivity contribution in [1.82, 2.24) is 10.2 Å². The maximum absolute atomic E-state index is 11.0. The summed E-state index contributed by atoms with van der Waals surface area (Å²) in [7, 11) is 0. The summed E-state index contributed by atoms with van der Waals surface area (Å²) in [6.07, 6.45) is 2.38. The molecule has 0 aliphatic heterocycles. The van der Waals surface area contributed by atoms with Gasteiger partial charge in [-0.25, -0.2) is 4.79 Å². The number of nitrogens with zero attached hydrogens (tertiary/aromatic N) is 1. The van der Waals surface area contributed by atoms with Crippen molar-refractivity contribution in [2.75, 3.05) is 0 Å². The number of H-pyrrole nitrogens is 1. The third-order valence-corrected chi connectivity index (χ3v) is 6.17. The molecular formula is C24H26N2O2. The van der Waals surface area contributed by atoms with E-state index in [0.717, 1.165) is 22.5 Å². The Morgan fingerprint density at radius 1 is 0.893 bits per heavy atom. The van der Waals surface area contributed by atoms with Crippen LogP contribution in [-0.2, 0) is 10.8 Å². The summed E-state index contributed by atoms with van der Waals surface area (Å²) in [5.74, 6) is -0.920. The zero-order valence-electron chi connectivity index (χ0n) is 16.8. The van der Waals surface area contributed by atoms with Crippen molar-refractivity contribution in [2.45, 2.75) is 51.4 Å². The number of nitrogens with one attached hydrogen (secondary N) is 1. The minimum Gasteiger partial charge on any atom is -0.478 e. The lowest BCUT2D eigenvalue weighted by atomic mass is 9.63. The first-order chi connectivity index (χ1) is 13.2. The van der Waals surface area contributed by atoms with Gasteiger partial charge in [-0.3, -0.25) is 5.10 Å². The van der Waals surface area contributed by atoms with E-state index >= 15 is 0 Å². The van der Waals surface area contributed by atoms with Crippen molar-refractivity contribution in [2.24, 2.45) is 0 Å². The standard InChI is InChI=1S/C24H26N2O2/c1-23(2)11-12-24(3,4)19-13-17(9-10-18(19)23)21-14-20(25-26-21)15-5-7-16(8-6-15)22(27)28/h5-10,13-14H,11-12H2,1-4H3,(H,25,26)(H,27,28). The van der Waals surface area contributed by atoms with Crippen molar-refractivity contribution in [3.63, 3.8) is 0 Å². The number of carbonyl (C=O) groups is 1. The molecule has 0 unspecified atom stereocenters. The Bertz CT molecular complexity index is 1040. The van der Waals surface area contributed by atoms with Crippen molar-refractivity contribution in [1.29, 1.82) is 0 Å². The van der Waals surface area contributed by atoms with Gasteiger partial charge in [0.1, 0.15) is 0 Å². The molecule has 1 aromatic heterocycles. The van der Waals surface area contributed by atoms with Crippen LogP contribution in [0.15, 0.2) is 48.5 Å². The molecule has 1 aliphatic carbocycles. The van der Waals surface area contributed by atoms with E-state index in [-0.39, 0.29) is 16.4 Å². The molecule has 144 valence electrons. The van der Waals surface area contributed by atoms with Crippen LogP contribution in [0.5, 0.6) is 0 Å². The molecule has 0 saturated heterocycles. The van der Waals surface area contributed by atoms with E-state index in [1.807, 2.05) is 6.07 Å². The molecule has 2 aromatic carbocycles. The Labute approximate surface area is 165 Å². The number of hydrogen-bond donors (Lipinski definition) is 2. The summed E-state index contributed by atoms with van der Waals surface area (Å²) in [6.45, 7) is 9.30. The van der Waals surface area contributed by atoms with Crippen molar-refractivity contribution >= 4 is 5.97 Å². The molecule has 4 nitrogen and oxygen atoms in total. The average Bonchev–Trinajstić information content (AvgIpc) is 3.15. The second kappa shape index (κ2) is 6.33. The van der Waals surface area contributed by atoms with E-state index in [9.17, 15) is 4.79 Å². The van der Waals surface area contributed by atoms with Crippen LogP contribution in [0, 0.1) is 0 Å². The van der Waals surface area contributed by atoms with Gasteiger partial charge < -0.3 is 5.11 Å². The molecule has 28 heavy (non-hydrogen) atoms. The Hall–Kier alpha value is -2.88. The second-order valence-corrected chi connectivity index (χ2v) is 9.08. The van der Waals surface area contributed by atoms with Gasteiger partial charge in [0.25, 0.3) is 0 Å². The van der Waals surface area contributed by atoms with Gasteiger partial charge in [-0.15, -0.1) is 0 Å². The van der Waals surface area contributed by atoms with Crippen molar-refractivity contribution < 1.29 is 9.90 Å². The predicted octanol–water partition coefficient (Wildman–Crippen LogP) is 5.79. The molecule has 0 saturated carbocycles. The van der Waals surface area contributed by atoms with Gasteiger partial charge in [0.2, 0.25) is 0 Å². The summed E-state index contributed by atoms with van der Waals surface area (Å²) in [5.41, 5.74) is 7.30. The monoisotopic (exact) mass is 374 g/mol. The maximum Gasteiger partial charge on any atom is 0.335 e. The van der Waals surface area contributed by atoms with Gasteiger partial charge in [-0.05, 0) is 64.6 Å². The molecule has 2 N–H and O–H groups in total. The van der Waals surface area contributed by atoms with Crippen LogP contribution in [0.2, 0.25) is 0 Å². The normalized spacial score (nSPS) is 17.1. The number of aromatic amines is 1. The molecule has 0 fully saturated rings. The van der Waals surface area contributed by atoms with Crippen LogP contribution < -0.4 is 0 Å². The minimum atomic E-state index is -0.920. The molecular weight excluding hydrogens is 348 g/mol. The first-order valence-electron chi connectivity index (χ1n) is 9.72. The predicted molar refractivity (Wildman–Crippen MR) is 112 cm³/mol. The van der Waals surface area contributed by atoms with Crippen LogP contribution in [0.25, 0.3) is 22.5 Å². The first kappa shape index (κ1) is 18.5. The number of aromatic carboxylic acids is 1. The van der Waals surface area contributed by atoms with Crippen molar-refractivity contribution in [3.05, 3.63) is 65.2 Å². The fraction of sp³-hybridized carbons (Fsp3) is 0.333. The minimum absolute atomic E-state index is 0.159. The molecule has 4 rings (SSSR count). The first-order valence-corrected chi connectivity index (χ1v) is 9.72. The quantitative estimate of drug-likeness (QED) is 0.610. The zero-order valence-corrected chi connectivity index (χ0v) is 16.8. The molecule has 0 bridgehead atoms. The highest BCUT2D eigenvalue weighted by atomic mass is 16.4. The van der Waals surface area contributed by atoms with E-state index in [2.05, 4.69) is 56.1 Å². The largest absolute Gasteiger partial charge is 0.478 e. The van der Waals surface area contributed by atoms with Gasteiger partial charge in [0.05, 0.1) is 17.0 Å². The van der Waals surface area contributed by atoms with E-state index in [0.29, 0.717) is 0 Å². The van der Waals surface area contributed by atoms with Gasteiger partial charge >= 0.3 is 5.97 Å². The third-order valence-electron chi connectivity index (χ3n) is 6.17. The molecule has 0 radical (unpaired) electrons. The van der Waals surface area contributed by atoms with E-state index in [1.165, 1.54) is 24.0 Å². The maximum atomic E-state index is 11.0. The molecule has 3 aromatic rings. The third kappa shape index (κ3) is 3.13. The van der Waals surface area contributed by atoms with E-state index in [4.69, 9.17) is 5.11 Å². The highest BCUT2D eigenvalue weighted by Crippen LogP contribution is 2.46. The Balaban J connectivity index is 1.71. The Kier molecular flexibility index (Phi) is 4.18. The highest BCUT2D eigenvalue weighted by Gasteiger charge is 2.37. The molecule has 1 heterocycles. The number of fused-ring (bicyclic) bond motifs is 1. The fourth-order valence-electron chi connectivity index (χ4n) is 4.16. The van der Waals surface area contributed by atoms with E-state index in [1.54, 1.807) is 24.3 Å². The van der Waals surface area contributed by atoms with Crippen LogP contribution in [0.4, 0.5) is 0 Å². The van der Waals surface area contributed by atoms with Gasteiger partial charge in [0.15, 0.2) is 0 Å². The lowest BCUT2D eigenvalue weighted by molar-refractivity contribution is 0.0697. The molecule has 4 heteroatoms. The summed E-state index contributed by atoms with van der Waals surface area (Å²) in [6, 6.07) is 15.6. The summed E-state index contributed by atoms with van der Waals surface area (Å²) in [5, 5.41) is 16.7. The second-order valence-electron chi connectivity index (χ2n) is 9.08. The number of aromatic nitrogens is 2. The lowest BCUT2D eigenvalue weighted by Crippen LogP contribution is -2.33.